The van der Waals surface area contributed by atoms with Gasteiger partial charge in [0.2, 0.25) is 0 Å². The van der Waals surface area contributed by atoms with Crippen LogP contribution in [0.1, 0.15) is 24.0 Å². The molecule has 2 aromatic rings. The summed E-state index contributed by atoms with van der Waals surface area (Å²) >= 11 is 5.91. The molecule has 3 atom stereocenters. The van der Waals surface area contributed by atoms with E-state index in [0.29, 0.717) is 18.2 Å². The van der Waals surface area contributed by atoms with Crippen LogP contribution >= 0.6 is 11.6 Å². The number of rotatable bonds is 7. The van der Waals surface area contributed by atoms with Gasteiger partial charge in [0.15, 0.2) is 9.84 Å². The first-order chi connectivity index (χ1) is 12.4. The van der Waals surface area contributed by atoms with E-state index in [9.17, 15) is 8.42 Å². The van der Waals surface area contributed by atoms with E-state index in [0.717, 1.165) is 11.1 Å². The van der Waals surface area contributed by atoms with Crippen LogP contribution in [0.3, 0.4) is 0 Å². The van der Waals surface area contributed by atoms with Gasteiger partial charge in [-0.25, -0.2) is 8.42 Å². The average molecular weight is 394 g/mol. The first-order valence-electron chi connectivity index (χ1n) is 8.70. The van der Waals surface area contributed by atoms with E-state index in [1.807, 2.05) is 38.1 Å². The fourth-order valence-corrected chi connectivity index (χ4v) is 6.33. The maximum absolute atomic E-state index is 13.3. The summed E-state index contributed by atoms with van der Waals surface area (Å²) in [5.41, 5.74) is 7.61. The maximum Gasteiger partial charge on any atom is 0.182 e. The van der Waals surface area contributed by atoms with Gasteiger partial charge in [-0.3, -0.25) is 0 Å². The van der Waals surface area contributed by atoms with Crippen molar-refractivity contribution in [1.29, 1.82) is 0 Å². The number of ether oxygens (including phenoxy) is 1. The molecular weight excluding hydrogens is 370 g/mol. The second-order valence-corrected chi connectivity index (χ2v) is 9.39. The molecule has 6 heteroatoms. The van der Waals surface area contributed by atoms with E-state index in [1.54, 1.807) is 24.3 Å². The fourth-order valence-electron chi connectivity index (χ4n) is 3.76. The minimum absolute atomic E-state index is 0.180. The standard InChI is InChI=1S/C20H24ClNO3S/c1-3-25-13-20(12-22)18(15-6-4-14(2)5-7-15)19(20)26(23,24)17-10-8-16(21)9-11-17/h4-11,18-19H,3,12-13,22H2,1-2H3/t18-,19-,20+/m0/s1. The van der Waals surface area contributed by atoms with E-state index < -0.39 is 20.5 Å². The van der Waals surface area contributed by atoms with E-state index in [4.69, 9.17) is 22.1 Å². The lowest BCUT2D eigenvalue weighted by Crippen LogP contribution is -2.29. The zero-order valence-corrected chi connectivity index (χ0v) is 16.6. The molecule has 0 bridgehead atoms. The normalized spacial score (nSPS) is 25.2. The fraction of sp³-hybridized carbons (Fsp3) is 0.400. The Morgan fingerprint density at radius 1 is 1.12 bits per heavy atom. The van der Waals surface area contributed by atoms with Crippen molar-refractivity contribution < 1.29 is 13.2 Å². The van der Waals surface area contributed by atoms with Gasteiger partial charge in [-0.05, 0) is 43.7 Å². The number of aryl methyl sites for hydroxylation is 1. The maximum atomic E-state index is 13.3. The molecule has 140 valence electrons. The van der Waals surface area contributed by atoms with Crippen LogP contribution in [0.15, 0.2) is 53.4 Å². The molecule has 0 aromatic heterocycles. The molecule has 0 spiro atoms. The first kappa shape index (κ1) is 19.4. The second-order valence-electron chi connectivity index (χ2n) is 6.88. The molecule has 1 aliphatic rings. The molecule has 4 nitrogen and oxygen atoms in total. The summed E-state index contributed by atoms with van der Waals surface area (Å²) < 4.78 is 32.3. The third kappa shape index (κ3) is 3.29. The number of benzene rings is 2. The van der Waals surface area contributed by atoms with Crippen LogP contribution in [-0.2, 0) is 14.6 Å². The summed E-state index contributed by atoms with van der Waals surface area (Å²) in [6, 6.07) is 14.3. The van der Waals surface area contributed by atoms with Gasteiger partial charge in [-0.2, -0.15) is 0 Å². The molecule has 2 aromatic carbocycles. The molecule has 3 rings (SSSR count). The van der Waals surface area contributed by atoms with Crippen LogP contribution in [0.5, 0.6) is 0 Å². The topological polar surface area (TPSA) is 69.4 Å². The Hall–Kier alpha value is -1.40. The van der Waals surface area contributed by atoms with Gasteiger partial charge in [0, 0.05) is 29.5 Å². The summed E-state index contributed by atoms with van der Waals surface area (Å²) in [5.74, 6) is -0.180. The van der Waals surface area contributed by atoms with Crippen molar-refractivity contribution in [3.63, 3.8) is 0 Å². The Bertz CT molecular complexity index is 865. The monoisotopic (exact) mass is 393 g/mol. The lowest BCUT2D eigenvalue weighted by atomic mass is 9.99. The molecule has 0 radical (unpaired) electrons. The zero-order chi connectivity index (χ0) is 18.9. The molecule has 1 fully saturated rings. The van der Waals surface area contributed by atoms with Crippen molar-refractivity contribution in [2.24, 2.45) is 11.1 Å². The minimum Gasteiger partial charge on any atom is -0.381 e. The zero-order valence-electron chi connectivity index (χ0n) is 15.0. The predicted molar refractivity (Wildman–Crippen MR) is 104 cm³/mol. The van der Waals surface area contributed by atoms with Crippen molar-refractivity contribution in [2.45, 2.75) is 29.9 Å². The van der Waals surface area contributed by atoms with Crippen molar-refractivity contribution in [3.8, 4) is 0 Å². The highest BCUT2D eigenvalue weighted by Crippen LogP contribution is 2.63. The Morgan fingerprint density at radius 3 is 2.27 bits per heavy atom. The molecule has 0 heterocycles. The van der Waals surface area contributed by atoms with Gasteiger partial charge in [-0.1, -0.05) is 41.4 Å². The van der Waals surface area contributed by atoms with Crippen LogP contribution in [0, 0.1) is 12.3 Å². The molecule has 1 aliphatic carbocycles. The van der Waals surface area contributed by atoms with Crippen LogP contribution in [0.25, 0.3) is 0 Å². The smallest absolute Gasteiger partial charge is 0.182 e. The molecule has 2 N–H and O–H groups in total. The third-order valence-electron chi connectivity index (χ3n) is 5.25. The summed E-state index contributed by atoms with van der Waals surface area (Å²) in [6.45, 7) is 5.01. The van der Waals surface area contributed by atoms with E-state index in [2.05, 4.69) is 0 Å². The van der Waals surface area contributed by atoms with E-state index in [1.165, 1.54) is 0 Å². The average Bonchev–Trinajstić information content (AvgIpc) is 3.31. The Labute approximate surface area is 160 Å². The second kappa shape index (κ2) is 7.31. The number of nitrogens with two attached hydrogens (primary N) is 1. The van der Waals surface area contributed by atoms with Gasteiger partial charge in [0.1, 0.15) is 0 Å². The van der Waals surface area contributed by atoms with Crippen molar-refractivity contribution in [2.75, 3.05) is 19.8 Å². The first-order valence-corrected chi connectivity index (χ1v) is 10.6. The van der Waals surface area contributed by atoms with Gasteiger partial charge in [0.05, 0.1) is 16.8 Å². The number of sulfone groups is 1. The van der Waals surface area contributed by atoms with E-state index in [-0.39, 0.29) is 17.4 Å². The number of hydrogen-bond donors (Lipinski definition) is 1. The Balaban J connectivity index is 2.03. The largest absolute Gasteiger partial charge is 0.381 e. The Morgan fingerprint density at radius 2 is 1.73 bits per heavy atom. The van der Waals surface area contributed by atoms with Crippen LogP contribution in [0.4, 0.5) is 0 Å². The summed E-state index contributed by atoms with van der Waals surface area (Å²) in [5, 5.41) is -0.0929. The molecule has 0 saturated heterocycles. The lowest BCUT2D eigenvalue weighted by Gasteiger charge is -2.16. The van der Waals surface area contributed by atoms with Gasteiger partial charge < -0.3 is 10.5 Å². The quantitative estimate of drug-likeness (QED) is 0.780. The van der Waals surface area contributed by atoms with Crippen LogP contribution in [-0.4, -0.2) is 33.4 Å². The van der Waals surface area contributed by atoms with Crippen molar-refractivity contribution in [1.82, 2.24) is 0 Å². The van der Waals surface area contributed by atoms with Gasteiger partial charge in [0.25, 0.3) is 0 Å². The SMILES string of the molecule is CCOC[C@]1(CN)[C@@H](c2ccc(C)cc2)[C@@H]1S(=O)(=O)c1ccc(Cl)cc1. The summed E-state index contributed by atoms with van der Waals surface area (Å²) in [6.07, 6.45) is 0. The highest BCUT2D eigenvalue weighted by atomic mass is 35.5. The van der Waals surface area contributed by atoms with Crippen molar-refractivity contribution in [3.05, 3.63) is 64.7 Å². The Kier molecular flexibility index (Phi) is 5.45. The van der Waals surface area contributed by atoms with Crippen LogP contribution in [0.2, 0.25) is 5.02 Å². The molecule has 26 heavy (non-hydrogen) atoms. The highest BCUT2D eigenvalue weighted by molar-refractivity contribution is 7.92. The molecule has 0 aliphatic heterocycles. The van der Waals surface area contributed by atoms with Crippen LogP contribution < -0.4 is 5.73 Å². The molecular formula is C20H24ClNO3S. The predicted octanol–water partition coefficient (Wildman–Crippen LogP) is 3.57. The number of hydrogen-bond acceptors (Lipinski definition) is 4. The van der Waals surface area contributed by atoms with E-state index >= 15 is 0 Å². The lowest BCUT2D eigenvalue weighted by molar-refractivity contribution is 0.101. The highest BCUT2D eigenvalue weighted by Gasteiger charge is 2.70. The molecule has 0 unspecified atom stereocenters. The minimum atomic E-state index is -3.56. The van der Waals surface area contributed by atoms with Gasteiger partial charge in [-0.15, -0.1) is 0 Å². The molecule has 0 amide bonds. The summed E-state index contributed by atoms with van der Waals surface area (Å²) in [7, 11) is -3.56. The van der Waals surface area contributed by atoms with Crippen molar-refractivity contribution >= 4 is 21.4 Å². The van der Waals surface area contributed by atoms with Gasteiger partial charge >= 0.3 is 0 Å². The summed E-state index contributed by atoms with van der Waals surface area (Å²) in [4.78, 5) is 0.274. The molecule has 1 saturated carbocycles. The number of halogens is 1. The third-order valence-corrected chi connectivity index (χ3v) is 7.84.